The van der Waals surface area contributed by atoms with Crippen LogP contribution in [0.25, 0.3) is 0 Å². The van der Waals surface area contributed by atoms with Crippen LogP contribution in [0, 0.1) is 12.8 Å². The Balaban J connectivity index is 1.46. The number of hydrogen-bond donors (Lipinski definition) is 1. The Labute approximate surface area is 149 Å². The van der Waals surface area contributed by atoms with E-state index in [4.69, 9.17) is 4.74 Å². The largest absolute Gasteiger partial charge is 0.376 e. The molecule has 1 unspecified atom stereocenters. The van der Waals surface area contributed by atoms with E-state index in [9.17, 15) is 4.79 Å². The van der Waals surface area contributed by atoms with Gasteiger partial charge in [0.1, 0.15) is 0 Å². The molecule has 1 heterocycles. The molecule has 1 fully saturated rings. The van der Waals surface area contributed by atoms with Crippen molar-refractivity contribution in [2.24, 2.45) is 5.92 Å². The van der Waals surface area contributed by atoms with Gasteiger partial charge < -0.3 is 15.0 Å². The number of nitrogens with zero attached hydrogens (tertiary/aromatic N) is 1. The molecule has 1 saturated heterocycles. The average Bonchev–Trinajstić information content (AvgIpc) is 2.63. The number of rotatable bonds is 5. The number of carbonyl (C=O) groups is 1. The normalized spacial score (nSPS) is 17.3. The molecular formula is C21H26N2O2. The van der Waals surface area contributed by atoms with Gasteiger partial charge in [-0.15, -0.1) is 0 Å². The van der Waals surface area contributed by atoms with Crippen LogP contribution in [0.4, 0.5) is 10.5 Å². The van der Waals surface area contributed by atoms with E-state index in [2.05, 4.69) is 17.4 Å². The first-order chi connectivity index (χ1) is 12.2. The summed E-state index contributed by atoms with van der Waals surface area (Å²) < 4.78 is 5.86. The summed E-state index contributed by atoms with van der Waals surface area (Å²) in [7, 11) is 0. The van der Waals surface area contributed by atoms with Crippen molar-refractivity contribution in [3.8, 4) is 0 Å². The van der Waals surface area contributed by atoms with E-state index >= 15 is 0 Å². The zero-order valence-corrected chi connectivity index (χ0v) is 14.8. The number of piperidine rings is 1. The summed E-state index contributed by atoms with van der Waals surface area (Å²) >= 11 is 0. The fourth-order valence-electron chi connectivity index (χ4n) is 3.23. The Kier molecular flexibility index (Phi) is 6.07. The molecule has 1 N–H and O–H groups in total. The third-order valence-corrected chi connectivity index (χ3v) is 4.54. The third kappa shape index (κ3) is 5.33. The molecule has 2 amide bonds. The summed E-state index contributed by atoms with van der Waals surface area (Å²) in [6.45, 7) is 4.92. The van der Waals surface area contributed by atoms with Crippen LogP contribution in [-0.2, 0) is 11.3 Å². The molecule has 0 aromatic heterocycles. The van der Waals surface area contributed by atoms with Gasteiger partial charge in [-0.2, -0.15) is 0 Å². The number of likely N-dealkylation sites (tertiary alicyclic amines) is 1. The molecule has 0 radical (unpaired) electrons. The van der Waals surface area contributed by atoms with Crippen molar-refractivity contribution in [3.05, 3.63) is 65.7 Å². The fourth-order valence-corrected chi connectivity index (χ4v) is 3.23. The van der Waals surface area contributed by atoms with E-state index in [0.717, 1.165) is 37.2 Å². The number of hydrogen-bond acceptors (Lipinski definition) is 2. The Morgan fingerprint density at radius 2 is 2.04 bits per heavy atom. The minimum atomic E-state index is -0.0154. The fraction of sp³-hybridized carbons (Fsp3) is 0.381. The average molecular weight is 338 g/mol. The van der Waals surface area contributed by atoms with E-state index in [-0.39, 0.29) is 6.03 Å². The first-order valence-corrected chi connectivity index (χ1v) is 8.95. The Bertz CT molecular complexity index is 687. The molecular weight excluding hydrogens is 312 g/mol. The number of anilines is 1. The van der Waals surface area contributed by atoms with Crippen molar-refractivity contribution in [2.75, 3.05) is 25.0 Å². The van der Waals surface area contributed by atoms with E-state index in [1.165, 1.54) is 5.56 Å². The van der Waals surface area contributed by atoms with Crippen LogP contribution in [0.5, 0.6) is 0 Å². The molecule has 2 aromatic carbocycles. The lowest BCUT2D eigenvalue weighted by atomic mass is 9.99. The highest BCUT2D eigenvalue weighted by Gasteiger charge is 2.23. The lowest BCUT2D eigenvalue weighted by molar-refractivity contribution is 0.0606. The second kappa shape index (κ2) is 8.67. The summed E-state index contributed by atoms with van der Waals surface area (Å²) in [6.07, 6.45) is 2.14. The van der Waals surface area contributed by atoms with Gasteiger partial charge in [0.05, 0.1) is 13.2 Å². The SMILES string of the molecule is Cc1cccc(NC(=O)N2CCCC(COCc3ccccc3)C2)c1. The first kappa shape index (κ1) is 17.5. The number of benzene rings is 2. The summed E-state index contributed by atoms with van der Waals surface area (Å²) in [4.78, 5) is 14.4. The maximum Gasteiger partial charge on any atom is 0.321 e. The number of ether oxygens (including phenoxy) is 1. The van der Waals surface area contributed by atoms with Crippen LogP contribution < -0.4 is 5.32 Å². The summed E-state index contributed by atoms with van der Waals surface area (Å²) in [5, 5.41) is 3.00. The van der Waals surface area contributed by atoms with Gasteiger partial charge >= 0.3 is 6.03 Å². The summed E-state index contributed by atoms with van der Waals surface area (Å²) in [6, 6.07) is 18.1. The van der Waals surface area contributed by atoms with E-state index in [1.807, 2.05) is 54.3 Å². The van der Waals surface area contributed by atoms with Crippen LogP contribution in [0.2, 0.25) is 0 Å². The van der Waals surface area contributed by atoms with Gasteiger partial charge in [-0.05, 0) is 43.0 Å². The van der Waals surface area contributed by atoms with E-state index in [0.29, 0.717) is 19.1 Å². The monoisotopic (exact) mass is 338 g/mol. The van der Waals surface area contributed by atoms with Gasteiger partial charge in [0, 0.05) is 24.7 Å². The summed E-state index contributed by atoms with van der Waals surface area (Å²) in [5.74, 6) is 0.403. The molecule has 1 aliphatic heterocycles. The van der Waals surface area contributed by atoms with Gasteiger partial charge in [0.25, 0.3) is 0 Å². The van der Waals surface area contributed by atoms with Crippen molar-refractivity contribution in [1.29, 1.82) is 0 Å². The van der Waals surface area contributed by atoms with Crippen LogP contribution in [0.15, 0.2) is 54.6 Å². The minimum absolute atomic E-state index is 0.0154. The lowest BCUT2D eigenvalue weighted by Gasteiger charge is -2.32. The molecule has 4 nitrogen and oxygen atoms in total. The smallest absolute Gasteiger partial charge is 0.321 e. The highest BCUT2D eigenvalue weighted by molar-refractivity contribution is 5.89. The number of aryl methyl sites for hydroxylation is 1. The number of nitrogens with one attached hydrogen (secondary N) is 1. The Morgan fingerprint density at radius 3 is 2.84 bits per heavy atom. The van der Waals surface area contributed by atoms with Crippen molar-refractivity contribution < 1.29 is 9.53 Å². The zero-order valence-electron chi connectivity index (χ0n) is 14.8. The quantitative estimate of drug-likeness (QED) is 0.875. The molecule has 0 aliphatic carbocycles. The summed E-state index contributed by atoms with van der Waals surface area (Å²) in [5.41, 5.74) is 3.18. The third-order valence-electron chi connectivity index (χ3n) is 4.54. The van der Waals surface area contributed by atoms with Crippen LogP contribution in [-0.4, -0.2) is 30.6 Å². The first-order valence-electron chi connectivity index (χ1n) is 8.95. The minimum Gasteiger partial charge on any atom is -0.376 e. The topological polar surface area (TPSA) is 41.6 Å². The van der Waals surface area contributed by atoms with Gasteiger partial charge in [-0.1, -0.05) is 42.5 Å². The molecule has 0 bridgehead atoms. The van der Waals surface area contributed by atoms with Gasteiger partial charge in [0.2, 0.25) is 0 Å². The predicted molar refractivity (Wildman–Crippen MR) is 101 cm³/mol. The lowest BCUT2D eigenvalue weighted by Crippen LogP contribution is -2.43. The van der Waals surface area contributed by atoms with Crippen LogP contribution in [0.3, 0.4) is 0 Å². The van der Waals surface area contributed by atoms with Crippen molar-refractivity contribution >= 4 is 11.7 Å². The van der Waals surface area contributed by atoms with Gasteiger partial charge in [0.15, 0.2) is 0 Å². The number of amides is 2. The van der Waals surface area contributed by atoms with Crippen molar-refractivity contribution in [2.45, 2.75) is 26.4 Å². The van der Waals surface area contributed by atoms with Gasteiger partial charge in [-0.3, -0.25) is 0 Å². The molecule has 4 heteroatoms. The maximum atomic E-state index is 12.5. The molecule has 2 aromatic rings. The molecule has 132 valence electrons. The van der Waals surface area contributed by atoms with Crippen LogP contribution in [0.1, 0.15) is 24.0 Å². The van der Waals surface area contributed by atoms with Crippen molar-refractivity contribution in [3.63, 3.8) is 0 Å². The predicted octanol–water partition coefficient (Wildman–Crippen LogP) is 4.46. The van der Waals surface area contributed by atoms with E-state index < -0.39 is 0 Å². The van der Waals surface area contributed by atoms with Crippen molar-refractivity contribution in [1.82, 2.24) is 4.90 Å². The number of carbonyl (C=O) groups excluding carboxylic acids is 1. The van der Waals surface area contributed by atoms with Gasteiger partial charge in [-0.25, -0.2) is 4.79 Å². The second-order valence-electron chi connectivity index (χ2n) is 6.75. The molecule has 25 heavy (non-hydrogen) atoms. The highest BCUT2D eigenvalue weighted by Crippen LogP contribution is 2.19. The Morgan fingerprint density at radius 1 is 1.20 bits per heavy atom. The van der Waals surface area contributed by atoms with E-state index in [1.54, 1.807) is 0 Å². The molecule has 1 atom stereocenters. The molecule has 0 spiro atoms. The van der Waals surface area contributed by atoms with Crippen LogP contribution >= 0.6 is 0 Å². The highest BCUT2D eigenvalue weighted by atomic mass is 16.5. The molecule has 0 saturated carbocycles. The second-order valence-corrected chi connectivity index (χ2v) is 6.75. The standard InChI is InChI=1S/C21H26N2O2/c1-17-7-5-11-20(13-17)22-21(24)23-12-6-10-19(14-23)16-25-15-18-8-3-2-4-9-18/h2-5,7-9,11,13,19H,6,10,12,14-16H2,1H3,(H,22,24). The molecule has 1 aliphatic rings. The zero-order chi connectivity index (χ0) is 17.5. The number of urea groups is 1. The Hall–Kier alpha value is -2.33. The maximum absolute atomic E-state index is 12.5. The molecule has 3 rings (SSSR count).